The standard InChI is InChI=1S/C13H14N4O/c1-9-6-10(2)16-13(15-9)17-14-8-11-4-3-5-12(18)7-11/h3-8,18H,1-2H3,(H,15,16,17)/b14-8-. The van der Waals surface area contributed by atoms with Crippen LogP contribution in [0.1, 0.15) is 17.0 Å². The number of benzene rings is 1. The molecule has 2 aromatic rings. The van der Waals surface area contributed by atoms with Crippen molar-refractivity contribution in [1.82, 2.24) is 9.97 Å². The van der Waals surface area contributed by atoms with Crippen molar-refractivity contribution in [3.63, 3.8) is 0 Å². The molecule has 0 unspecified atom stereocenters. The summed E-state index contributed by atoms with van der Waals surface area (Å²) in [6, 6.07) is 8.71. The monoisotopic (exact) mass is 242 g/mol. The molecule has 0 spiro atoms. The van der Waals surface area contributed by atoms with Gasteiger partial charge in [0, 0.05) is 11.4 Å². The van der Waals surface area contributed by atoms with Crippen molar-refractivity contribution in [2.75, 3.05) is 5.43 Å². The predicted molar refractivity (Wildman–Crippen MR) is 70.8 cm³/mol. The first-order valence-electron chi connectivity index (χ1n) is 5.54. The summed E-state index contributed by atoms with van der Waals surface area (Å²) in [4.78, 5) is 8.39. The van der Waals surface area contributed by atoms with Crippen LogP contribution in [0.4, 0.5) is 5.95 Å². The van der Waals surface area contributed by atoms with E-state index in [-0.39, 0.29) is 5.75 Å². The third-order valence-electron chi connectivity index (χ3n) is 2.23. The van der Waals surface area contributed by atoms with E-state index >= 15 is 0 Å². The molecule has 0 aliphatic heterocycles. The zero-order valence-electron chi connectivity index (χ0n) is 10.3. The summed E-state index contributed by atoms with van der Waals surface area (Å²) in [5, 5.41) is 13.3. The Morgan fingerprint density at radius 3 is 2.56 bits per heavy atom. The molecule has 18 heavy (non-hydrogen) atoms. The molecule has 0 aliphatic carbocycles. The average molecular weight is 242 g/mol. The molecule has 0 bridgehead atoms. The lowest BCUT2D eigenvalue weighted by atomic mass is 10.2. The van der Waals surface area contributed by atoms with Gasteiger partial charge in [-0.15, -0.1) is 0 Å². The number of aromatic hydroxyl groups is 1. The number of hydrogen-bond donors (Lipinski definition) is 2. The quantitative estimate of drug-likeness (QED) is 0.639. The second-order valence-corrected chi connectivity index (χ2v) is 3.94. The molecule has 0 saturated heterocycles. The number of aryl methyl sites for hydroxylation is 2. The molecule has 5 heteroatoms. The van der Waals surface area contributed by atoms with Gasteiger partial charge in [-0.1, -0.05) is 12.1 Å². The topological polar surface area (TPSA) is 70.4 Å². The van der Waals surface area contributed by atoms with Crippen molar-refractivity contribution in [2.45, 2.75) is 13.8 Å². The number of nitrogens with one attached hydrogen (secondary N) is 1. The molecule has 0 atom stereocenters. The van der Waals surface area contributed by atoms with Gasteiger partial charge < -0.3 is 5.11 Å². The van der Waals surface area contributed by atoms with E-state index in [2.05, 4.69) is 20.5 Å². The molecular weight excluding hydrogens is 228 g/mol. The van der Waals surface area contributed by atoms with E-state index in [4.69, 9.17) is 0 Å². The van der Waals surface area contributed by atoms with Crippen molar-refractivity contribution < 1.29 is 5.11 Å². The van der Waals surface area contributed by atoms with Crippen molar-refractivity contribution >= 4 is 12.2 Å². The Bertz CT molecular complexity index is 561. The summed E-state index contributed by atoms with van der Waals surface area (Å²) in [6.45, 7) is 3.80. The zero-order chi connectivity index (χ0) is 13.0. The minimum absolute atomic E-state index is 0.210. The van der Waals surface area contributed by atoms with Crippen LogP contribution in [-0.2, 0) is 0 Å². The molecule has 0 fully saturated rings. The highest BCUT2D eigenvalue weighted by molar-refractivity contribution is 5.80. The van der Waals surface area contributed by atoms with E-state index in [1.165, 1.54) is 0 Å². The van der Waals surface area contributed by atoms with Crippen molar-refractivity contribution in [3.8, 4) is 5.75 Å². The van der Waals surface area contributed by atoms with Gasteiger partial charge in [-0.3, -0.25) is 0 Å². The number of aromatic nitrogens is 2. The Kier molecular flexibility index (Phi) is 3.52. The van der Waals surface area contributed by atoms with Crippen molar-refractivity contribution in [3.05, 3.63) is 47.3 Å². The molecule has 1 aromatic carbocycles. The number of nitrogens with zero attached hydrogens (tertiary/aromatic N) is 3. The van der Waals surface area contributed by atoms with Crippen molar-refractivity contribution in [2.24, 2.45) is 5.10 Å². The van der Waals surface area contributed by atoms with Gasteiger partial charge in [-0.25, -0.2) is 15.4 Å². The molecule has 0 radical (unpaired) electrons. The van der Waals surface area contributed by atoms with E-state index in [1.54, 1.807) is 24.4 Å². The molecule has 1 heterocycles. The smallest absolute Gasteiger partial charge is 0.243 e. The fourth-order valence-electron chi connectivity index (χ4n) is 1.55. The van der Waals surface area contributed by atoms with Crippen LogP contribution >= 0.6 is 0 Å². The summed E-state index contributed by atoms with van der Waals surface area (Å²) in [5.74, 6) is 0.672. The van der Waals surface area contributed by atoms with Gasteiger partial charge in [0.15, 0.2) is 0 Å². The van der Waals surface area contributed by atoms with Crippen LogP contribution in [0.25, 0.3) is 0 Å². The van der Waals surface area contributed by atoms with Gasteiger partial charge in [0.2, 0.25) is 5.95 Å². The van der Waals surface area contributed by atoms with E-state index < -0.39 is 0 Å². The Balaban J connectivity index is 2.07. The molecule has 0 saturated carbocycles. The Morgan fingerprint density at radius 1 is 1.17 bits per heavy atom. The first-order chi connectivity index (χ1) is 8.63. The van der Waals surface area contributed by atoms with Gasteiger partial charge in [0.1, 0.15) is 5.75 Å². The lowest BCUT2D eigenvalue weighted by Crippen LogP contribution is -1.99. The predicted octanol–water partition coefficient (Wildman–Crippen LogP) is 2.25. The highest BCUT2D eigenvalue weighted by Crippen LogP contribution is 2.09. The highest BCUT2D eigenvalue weighted by Gasteiger charge is 1.96. The Hall–Kier alpha value is -2.43. The number of phenolic OH excluding ortho intramolecular Hbond substituents is 1. The molecule has 92 valence electrons. The molecule has 2 rings (SSSR count). The number of hydrazone groups is 1. The highest BCUT2D eigenvalue weighted by atomic mass is 16.3. The summed E-state index contributed by atoms with van der Waals surface area (Å²) in [6.07, 6.45) is 1.60. The third-order valence-corrected chi connectivity index (χ3v) is 2.23. The third kappa shape index (κ3) is 3.28. The molecule has 2 N–H and O–H groups in total. The van der Waals surface area contributed by atoms with Crippen LogP contribution in [-0.4, -0.2) is 21.3 Å². The number of rotatable bonds is 3. The number of anilines is 1. The van der Waals surface area contributed by atoms with E-state index in [9.17, 15) is 5.11 Å². The van der Waals surface area contributed by atoms with Crippen LogP contribution < -0.4 is 5.43 Å². The maximum Gasteiger partial charge on any atom is 0.243 e. The summed E-state index contributed by atoms with van der Waals surface area (Å²) < 4.78 is 0. The molecule has 1 aromatic heterocycles. The fourth-order valence-corrected chi connectivity index (χ4v) is 1.55. The molecule has 0 amide bonds. The van der Waals surface area contributed by atoms with Crippen LogP contribution in [0, 0.1) is 13.8 Å². The molecule has 5 nitrogen and oxygen atoms in total. The zero-order valence-corrected chi connectivity index (χ0v) is 10.3. The second-order valence-electron chi connectivity index (χ2n) is 3.94. The van der Waals surface area contributed by atoms with Gasteiger partial charge in [-0.2, -0.15) is 5.10 Å². The first-order valence-corrected chi connectivity index (χ1v) is 5.54. The molecular formula is C13H14N4O. The summed E-state index contributed by atoms with van der Waals surface area (Å²) >= 11 is 0. The largest absolute Gasteiger partial charge is 0.508 e. The average Bonchev–Trinajstić information content (AvgIpc) is 2.27. The normalized spacial score (nSPS) is 10.8. The van der Waals surface area contributed by atoms with Crippen LogP contribution in [0.15, 0.2) is 35.4 Å². The summed E-state index contributed by atoms with van der Waals surface area (Å²) in [7, 11) is 0. The Morgan fingerprint density at radius 2 is 1.89 bits per heavy atom. The van der Waals surface area contributed by atoms with Gasteiger partial charge >= 0.3 is 0 Å². The first kappa shape index (κ1) is 12.0. The lowest BCUT2D eigenvalue weighted by Gasteiger charge is -2.01. The van der Waals surface area contributed by atoms with Crippen LogP contribution in [0.2, 0.25) is 0 Å². The Labute approximate surface area is 105 Å². The number of hydrogen-bond acceptors (Lipinski definition) is 5. The van der Waals surface area contributed by atoms with E-state index in [0.717, 1.165) is 17.0 Å². The van der Waals surface area contributed by atoms with Crippen molar-refractivity contribution in [1.29, 1.82) is 0 Å². The molecule has 0 aliphatic rings. The van der Waals surface area contributed by atoms with Gasteiger partial charge in [0.05, 0.1) is 6.21 Å². The van der Waals surface area contributed by atoms with Crippen LogP contribution in [0.5, 0.6) is 5.75 Å². The minimum atomic E-state index is 0.210. The fraction of sp³-hybridized carbons (Fsp3) is 0.154. The minimum Gasteiger partial charge on any atom is -0.508 e. The van der Waals surface area contributed by atoms with E-state index in [1.807, 2.05) is 26.0 Å². The summed E-state index contributed by atoms with van der Waals surface area (Å²) in [5.41, 5.74) is 5.33. The SMILES string of the molecule is Cc1cc(C)nc(N/N=C\c2cccc(O)c2)n1. The maximum absolute atomic E-state index is 9.30. The maximum atomic E-state index is 9.30. The van der Waals surface area contributed by atoms with Gasteiger partial charge in [-0.05, 0) is 37.6 Å². The number of phenols is 1. The van der Waals surface area contributed by atoms with E-state index in [0.29, 0.717) is 5.95 Å². The second kappa shape index (κ2) is 5.27. The van der Waals surface area contributed by atoms with Crippen LogP contribution in [0.3, 0.4) is 0 Å². The van der Waals surface area contributed by atoms with Gasteiger partial charge in [0.25, 0.3) is 0 Å². The lowest BCUT2D eigenvalue weighted by molar-refractivity contribution is 0.475.